The lowest BCUT2D eigenvalue weighted by Crippen LogP contribution is -2.48. The first-order valence-corrected chi connectivity index (χ1v) is 6.40. The van der Waals surface area contributed by atoms with Gasteiger partial charge in [0.2, 0.25) is 0 Å². The van der Waals surface area contributed by atoms with E-state index in [0.717, 1.165) is 0 Å². The van der Waals surface area contributed by atoms with Gasteiger partial charge >= 0.3 is 5.82 Å². The molecular weight excluding hydrogens is 264 g/mol. The van der Waals surface area contributed by atoms with E-state index >= 15 is 0 Å². The van der Waals surface area contributed by atoms with Crippen LogP contribution in [0.25, 0.3) is 0 Å². The molecule has 1 aromatic heterocycles. The van der Waals surface area contributed by atoms with Crippen LogP contribution < -0.4 is 5.32 Å². The third-order valence-electron chi connectivity index (χ3n) is 3.36. The topological polar surface area (TPSA) is 89.6 Å². The van der Waals surface area contributed by atoms with Crippen LogP contribution in [0.5, 0.6) is 0 Å². The molecule has 2 heterocycles. The molecule has 8 nitrogen and oxygen atoms in total. The number of amides is 1. The summed E-state index contributed by atoms with van der Waals surface area (Å²) in [7, 11) is 3.35. The first-order chi connectivity index (χ1) is 9.54. The van der Waals surface area contributed by atoms with Crippen molar-refractivity contribution >= 4 is 11.7 Å². The van der Waals surface area contributed by atoms with Crippen LogP contribution in [-0.4, -0.2) is 59.7 Å². The minimum Gasteiger partial charge on any atom is -0.373 e. The fraction of sp³-hybridized carbons (Fsp3) is 0.583. The third-order valence-corrected chi connectivity index (χ3v) is 3.36. The van der Waals surface area contributed by atoms with Crippen molar-refractivity contribution in [1.82, 2.24) is 14.8 Å². The van der Waals surface area contributed by atoms with Gasteiger partial charge in [-0.25, -0.2) is 4.57 Å². The Morgan fingerprint density at radius 3 is 2.95 bits per heavy atom. The van der Waals surface area contributed by atoms with E-state index in [1.54, 1.807) is 4.90 Å². The van der Waals surface area contributed by atoms with Gasteiger partial charge in [0.15, 0.2) is 5.69 Å². The van der Waals surface area contributed by atoms with Crippen molar-refractivity contribution in [1.29, 1.82) is 0 Å². The van der Waals surface area contributed by atoms with Crippen LogP contribution >= 0.6 is 0 Å². The molecule has 0 aliphatic carbocycles. The maximum absolute atomic E-state index is 12.4. The first-order valence-electron chi connectivity index (χ1n) is 6.40. The third kappa shape index (κ3) is 2.81. The van der Waals surface area contributed by atoms with Crippen molar-refractivity contribution in [3.8, 4) is 0 Å². The second kappa shape index (κ2) is 6.02. The zero-order valence-electron chi connectivity index (χ0n) is 11.5. The van der Waals surface area contributed by atoms with E-state index in [1.165, 1.54) is 23.7 Å². The Balaban J connectivity index is 2.13. The monoisotopic (exact) mass is 282 g/mol. The van der Waals surface area contributed by atoms with Crippen LogP contribution in [0.1, 0.15) is 10.5 Å². The second-order valence-electron chi connectivity index (χ2n) is 4.69. The predicted octanol–water partition coefficient (Wildman–Crippen LogP) is -0.00630. The molecule has 1 aliphatic heterocycles. The zero-order valence-corrected chi connectivity index (χ0v) is 11.5. The molecule has 8 heteroatoms. The highest BCUT2D eigenvalue weighted by atomic mass is 16.6. The molecule has 0 spiro atoms. The van der Waals surface area contributed by atoms with Crippen molar-refractivity contribution in [2.45, 2.75) is 6.10 Å². The number of nitrogens with one attached hydrogen (secondary N) is 1. The number of hydrogen-bond acceptors (Lipinski definition) is 5. The number of hydrogen-bond donors (Lipinski definition) is 1. The molecule has 1 N–H and O–H groups in total. The summed E-state index contributed by atoms with van der Waals surface area (Å²) in [5, 5.41) is 13.8. The minimum absolute atomic E-state index is 0.0482. The largest absolute Gasteiger partial charge is 0.373 e. The van der Waals surface area contributed by atoms with E-state index in [-0.39, 0.29) is 17.8 Å². The lowest BCUT2D eigenvalue weighted by molar-refractivity contribution is -0.391. The molecule has 20 heavy (non-hydrogen) atoms. The molecule has 110 valence electrons. The summed E-state index contributed by atoms with van der Waals surface area (Å²) in [5.74, 6) is -0.293. The number of aromatic nitrogens is 1. The van der Waals surface area contributed by atoms with Crippen molar-refractivity contribution in [2.75, 3.05) is 33.3 Å². The van der Waals surface area contributed by atoms with Gasteiger partial charge < -0.3 is 25.1 Å². The van der Waals surface area contributed by atoms with E-state index in [2.05, 4.69) is 5.32 Å². The highest BCUT2D eigenvalue weighted by Crippen LogP contribution is 2.18. The molecule has 1 aromatic rings. The molecule has 2 rings (SSSR count). The van der Waals surface area contributed by atoms with Crippen LogP contribution in [-0.2, 0) is 11.8 Å². The van der Waals surface area contributed by atoms with Gasteiger partial charge in [-0.3, -0.25) is 4.79 Å². The molecule has 0 aromatic carbocycles. The maximum Gasteiger partial charge on any atom is 0.323 e. The SMILES string of the molecule is CNCC1CN(C(=O)c2ccc([N+](=O)[O-])n2C)CCO1. The average molecular weight is 282 g/mol. The fourth-order valence-corrected chi connectivity index (χ4v) is 2.32. The number of nitro groups is 1. The van der Waals surface area contributed by atoms with Gasteiger partial charge in [0.05, 0.1) is 19.8 Å². The van der Waals surface area contributed by atoms with Gasteiger partial charge in [-0.2, -0.15) is 0 Å². The molecule has 1 saturated heterocycles. The average Bonchev–Trinajstić information content (AvgIpc) is 2.80. The summed E-state index contributed by atoms with van der Waals surface area (Å²) < 4.78 is 6.85. The summed E-state index contributed by atoms with van der Waals surface area (Å²) in [4.78, 5) is 24.4. The quantitative estimate of drug-likeness (QED) is 0.620. The summed E-state index contributed by atoms with van der Waals surface area (Å²) in [6.07, 6.45) is -0.0482. The van der Waals surface area contributed by atoms with Crippen molar-refractivity contribution < 1.29 is 14.5 Å². The van der Waals surface area contributed by atoms with Crippen molar-refractivity contribution in [2.24, 2.45) is 7.05 Å². The number of morpholine rings is 1. The lowest BCUT2D eigenvalue weighted by atomic mass is 10.2. The molecule has 1 fully saturated rings. The van der Waals surface area contributed by atoms with Crippen LogP contribution in [0.2, 0.25) is 0 Å². The highest BCUT2D eigenvalue weighted by molar-refractivity contribution is 5.93. The Bertz CT molecular complexity index is 512. The number of carbonyl (C=O) groups is 1. The smallest absolute Gasteiger partial charge is 0.323 e. The molecule has 1 aliphatic rings. The molecular formula is C12H18N4O4. The standard InChI is InChI=1S/C12H18N4O4/c1-13-7-9-8-15(5-6-20-9)12(17)10-3-4-11(14(10)2)16(18)19/h3-4,9,13H,5-8H2,1-2H3. The van der Waals surface area contributed by atoms with Gasteiger partial charge in [-0.15, -0.1) is 0 Å². The highest BCUT2D eigenvalue weighted by Gasteiger charge is 2.29. The molecule has 0 saturated carbocycles. The molecule has 1 unspecified atom stereocenters. The number of ether oxygens (including phenoxy) is 1. The van der Waals surface area contributed by atoms with Crippen LogP contribution in [0.4, 0.5) is 5.82 Å². The summed E-state index contributed by atoms with van der Waals surface area (Å²) in [6.45, 7) is 2.12. The van der Waals surface area contributed by atoms with Gasteiger partial charge in [-0.1, -0.05) is 0 Å². The van der Waals surface area contributed by atoms with Crippen LogP contribution in [0.3, 0.4) is 0 Å². The van der Waals surface area contributed by atoms with Crippen LogP contribution in [0.15, 0.2) is 12.1 Å². The predicted molar refractivity (Wildman–Crippen MR) is 71.6 cm³/mol. The zero-order chi connectivity index (χ0) is 14.7. The summed E-state index contributed by atoms with van der Waals surface area (Å²) >= 11 is 0. The normalized spacial score (nSPS) is 19.1. The fourth-order valence-electron chi connectivity index (χ4n) is 2.32. The Morgan fingerprint density at radius 2 is 2.35 bits per heavy atom. The Labute approximate surface area is 116 Å². The minimum atomic E-state index is -0.500. The lowest BCUT2D eigenvalue weighted by Gasteiger charge is -2.32. The van der Waals surface area contributed by atoms with E-state index in [1.807, 2.05) is 7.05 Å². The summed E-state index contributed by atoms with van der Waals surface area (Å²) in [6, 6.07) is 2.84. The molecule has 0 bridgehead atoms. The number of likely N-dealkylation sites (N-methyl/N-ethyl adjacent to an activating group) is 1. The van der Waals surface area contributed by atoms with Gasteiger partial charge in [0.1, 0.15) is 0 Å². The van der Waals surface area contributed by atoms with E-state index in [0.29, 0.717) is 31.9 Å². The van der Waals surface area contributed by atoms with Crippen LogP contribution in [0, 0.1) is 10.1 Å². The van der Waals surface area contributed by atoms with Crippen molar-refractivity contribution in [3.63, 3.8) is 0 Å². The van der Waals surface area contributed by atoms with E-state index in [9.17, 15) is 14.9 Å². The Hall–Kier alpha value is -1.93. The first kappa shape index (κ1) is 14.5. The van der Waals surface area contributed by atoms with E-state index < -0.39 is 4.92 Å². The summed E-state index contributed by atoms with van der Waals surface area (Å²) in [5.41, 5.74) is 0.321. The molecule has 0 radical (unpaired) electrons. The maximum atomic E-state index is 12.4. The second-order valence-corrected chi connectivity index (χ2v) is 4.69. The molecule has 1 amide bonds. The van der Waals surface area contributed by atoms with Crippen molar-refractivity contribution in [3.05, 3.63) is 27.9 Å². The number of rotatable bonds is 4. The van der Waals surface area contributed by atoms with E-state index in [4.69, 9.17) is 4.74 Å². The number of carbonyl (C=O) groups excluding carboxylic acids is 1. The van der Waals surface area contributed by atoms with Gasteiger partial charge in [-0.05, 0) is 18.0 Å². The Morgan fingerprint density at radius 1 is 1.60 bits per heavy atom. The molecule has 1 atom stereocenters. The van der Waals surface area contributed by atoms with Gasteiger partial charge in [0, 0.05) is 25.7 Å². The number of nitrogens with zero attached hydrogens (tertiary/aromatic N) is 3. The Kier molecular flexibility index (Phi) is 4.35. The van der Waals surface area contributed by atoms with Gasteiger partial charge in [0.25, 0.3) is 5.91 Å².